The Morgan fingerprint density at radius 3 is 2.62 bits per heavy atom. The van der Waals surface area contributed by atoms with Gasteiger partial charge < -0.3 is 30.3 Å². The van der Waals surface area contributed by atoms with E-state index in [1.165, 1.54) is 6.20 Å². The number of rotatable bonds is 10. The molecule has 5 N–H and O–H groups in total. The van der Waals surface area contributed by atoms with Crippen molar-refractivity contribution in [1.82, 2.24) is 20.2 Å². The summed E-state index contributed by atoms with van der Waals surface area (Å²) in [4.78, 5) is 51.1. The Morgan fingerprint density at radius 1 is 1.14 bits per heavy atom. The number of ether oxygens (including phenoxy) is 2. The summed E-state index contributed by atoms with van der Waals surface area (Å²) < 4.78 is 12.2. The van der Waals surface area contributed by atoms with Crippen LogP contribution in [0.3, 0.4) is 0 Å². The molecule has 2 fully saturated rings. The summed E-state index contributed by atoms with van der Waals surface area (Å²) in [6, 6.07) is 9.60. The van der Waals surface area contributed by atoms with E-state index in [1.807, 2.05) is 30.3 Å². The molecule has 12 nitrogen and oxygen atoms in total. The molecule has 2 saturated heterocycles. The van der Waals surface area contributed by atoms with Crippen LogP contribution in [0.4, 0.5) is 0 Å². The van der Waals surface area contributed by atoms with Crippen molar-refractivity contribution >= 4 is 11.8 Å². The van der Waals surface area contributed by atoms with Crippen molar-refractivity contribution in [1.29, 1.82) is 0 Å². The summed E-state index contributed by atoms with van der Waals surface area (Å²) in [5, 5.41) is 26.4. The molecular weight excluding hydrogens is 484 g/mol. The number of H-pyrrole nitrogens is 1. The molecule has 0 saturated carbocycles. The van der Waals surface area contributed by atoms with Crippen LogP contribution in [0.5, 0.6) is 0 Å². The highest BCUT2D eigenvalue weighted by Crippen LogP contribution is 2.30. The summed E-state index contributed by atoms with van der Waals surface area (Å²) in [7, 11) is 0. The van der Waals surface area contributed by atoms with Crippen LogP contribution in [0.2, 0.25) is 0 Å². The number of hydrogen-bond donors (Lipinski definition) is 5. The van der Waals surface area contributed by atoms with Gasteiger partial charge in [-0.3, -0.25) is 23.9 Å². The van der Waals surface area contributed by atoms with Crippen LogP contribution in [0.15, 0.2) is 52.2 Å². The number of aromatic amines is 1. The first-order valence-electron chi connectivity index (χ1n) is 12.4. The van der Waals surface area contributed by atoms with Crippen LogP contribution >= 0.6 is 0 Å². The zero-order valence-corrected chi connectivity index (χ0v) is 20.2. The second-order valence-electron chi connectivity index (χ2n) is 9.29. The van der Waals surface area contributed by atoms with Gasteiger partial charge in [0, 0.05) is 38.3 Å². The van der Waals surface area contributed by atoms with E-state index in [9.17, 15) is 29.4 Å². The summed E-state index contributed by atoms with van der Waals surface area (Å²) in [5.41, 5.74) is -0.515. The summed E-state index contributed by atoms with van der Waals surface area (Å²) in [5.74, 6) is -0.749. The highest BCUT2D eigenvalue weighted by molar-refractivity contribution is 5.87. The van der Waals surface area contributed by atoms with E-state index in [0.717, 1.165) is 29.0 Å². The monoisotopic (exact) mass is 516 g/mol. The number of nitrogens with zero attached hydrogens (tertiary/aromatic N) is 1. The molecule has 0 radical (unpaired) electrons. The molecule has 4 rings (SSSR count). The van der Waals surface area contributed by atoms with Crippen LogP contribution in [-0.2, 0) is 25.5 Å². The van der Waals surface area contributed by atoms with E-state index in [-0.39, 0.29) is 24.9 Å². The molecule has 200 valence electrons. The van der Waals surface area contributed by atoms with Gasteiger partial charge in [0.15, 0.2) is 6.23 Å². The normalized spacial score (nSPS) is 26.1. The lowest BCUT2D eigenvalue weighted by Crippen LogP contribution is -2.49. The minimum Gasteiger partial charge on any atom is -0.388 e. The highest BCUT2D eigenvalue weighted by atomic mass is 16.6. The van der Waals surface area contributed by atoms with E-state index in [4.69, 9.17) is 9.47 Å². The number of hydrogen-bond acceptors (Lipinski definition) is 8. The fraction of sp³-hybridized carbons (Fsp3) is 0.520. The number of aromatic nitrogens is 2. The molecule has 12 heteroatoms. The lowest BCUT2D eigenvalue weighted by Gasteiger charge is -2.21. The minimum absolute atomic E-state index is 0.0349. The Labute approximate surface area is 212 Å². The molecule has 2 aliphatic rings. The number of carbonyl (C=O) groups is 2. The topological polar surface area (TPSA) is 172 Å². The van der Waals surface area contributed by atoms with Gasteiger partial charge >= 0.3 is 5.69 Å². The van der Waals surface area contributed by atoms with Crippen molar-refractivity contribution in [3.05, 3.63) is 69.0 Å². The number of amides is 2. The lowest BCUT2D eigenvalue weighted by atomic mass is 10.0. The summed E-state index contributed by atoms with van der Waals surface area (Å²) in [6.45, 7) is 1.04. The largest absolute Gasteiger partial charge is 0.388 e. The van der Waals surface area contributed by atoms with Crippen molar-refractivity contribution in [2.75, 3.05) is 13.2 Å². The van der Waals surface area contributed by atoms with Crippen LogP contribution in [0.25, 0.3) is 0 Å². The van der Waals surface area contributed by atoms with Gasteiger partial charge in [-0.2, -0.15) is 0 Å². The fourth-order valence-electron chi connectivity index (χ4n) is 4.57. The van der Waals surface area contributed by atoms with E-state index < -0.39 is 47.7 Å². The van der Waals surface area contributed by atoms with Gasteiger partial charge in [0.05, 0.1) is 12.2 Å². The quantitative estimate of drug-likeness (QED) is 0.266. The summed E-state index contributed by atoms with van der Waals surface area (Å²) in [6.07, 6.45) is -1.76. The molecule has 2 aliphatic heterocycles. The van der Waals surface area contributed by atoms with E-state index in [2.05, 4.69) is 15.6 Å². The van der Waals surface area contributed by atoms with Gasteiger partial charge in [0.25, 0.3) is 5.56 Å². The van der Waals surface area contributed by atoms with Gasteiger partial charge in [0.2, 0.25) is 11.8 Å². The van der Waals surface area contributed by atoms with E-state index >= 15 is 0 Å². The zero-order chi connectivity index (χ0) is 26.4. The molecule has 1 aromatic carbocycles. The van der Waals surface area contributed by atoms with Gasteiger partial charge in [-0.05, 0) is 24.8 Å². The molecular formula is C25H32N4O8. The third-order valence-electron chi connectivity index (χ3n) is 6.58. The molecule has 0 spiro atoms. The number of aliphatic hydroxyl groups is 2. The Morgan fingerprint density at radius 2 is 1.92 bits per heavy atom. The Bertz CT molecular complexity index is 1180. The average molecular weight is 517 g/mol. The first-order valence-corrected chi connectivity index (χ1v) is 12.4. The van der Waals surface area contributed by atoms with Crippen molar-refractivity contribution in [3.63, 3.8) is 0 Å². The van der Waals surface area contributed by atoms with Crippen molar-refractivity contribution in [2.45, 2.75) is 68.8 Å². The predicted octanol–water partition coefficient (Wildman–Crippen LogP) is -1.04. The molecule has 0 bridgehead atoms. The van der Waals surface area contributed by atoms with E-state index in [0.29, 0.717) is 19.6 Å². The Balaban J connectivity index is 1.34. The molecule has 1 aromatic heterocycles. The van der Waals surface area contributed by atoms with Crippen LogP contribution in [-0.4, -0.2) is 75.2 Å². The summed E-state index contributed by atoms with van der Waals surface area (Å²) >= 11 is 0. The third kappa shape index (κ3) is 6.92. The molecule has 2 aromatic rings. The average Bonchev–Trinajstić information content (AvgIpc) is 3.50. The maximum atomic E-state index is 12.9. The van der Waals surface area contributed by atoms with Crippen LogP contribution in [0.1, 0.15) is 37.5 Å². The second-order valence-corrected chi connectivity index (χ2v) is 9.29. The Kier molecular flexibility index (Phi) is 8.87. The minimum atomic E-state index is -1.44. The maximum absolute atomic E-state index is 12.9. The molecule has 0 aliphatic carbocycles. The molecule has 2 amide bonds. The fourth-order valence-corrected chi connectivity index (χ4v) is 4.57. The van der Waals surface area contributed by atoms with Gasteiger partial charge in [-0.1, -0.05) is 30.3 Å². The van der Waals surface area contributed by atoms with E-state index in [1.54, 1.807) is 0 Å². The molecule has 3 heterocycles. The molecule has 6 atom stereocenters. The maximum Gasteiger partial charge on any atom is 0.330 e. The predicted molar refractivity (Wildman–Crippen MR) is 131 cm³/mol. The first-order chi connectivity index (χ1) is 17.8. The number of carbonyl (C=O) groups excluding carboxylic acids is 2. The molecule has 1 unspecified atom stereocenters. The number of benzene rings is 1. The Hall–Kier alpha value is -3.32. The highest BCUT2D eigenvalue weighted by Gasteiger charge is 2.44. The van der Waals surface area contributed by atoms with Crippen molar-refractivity contribution in [2.24, 2.45) is 0 Å². The lowest BCUT2D eigenvalue weighted by molar-refractivity contribution is -0.129. The first kappa shape index (κ1) is 26.7. The van der Waals surface area contributed by atoms with Gasteiger partial charge in [-0.15, -0.1) is 0 Å². The third-order valence-corrected chi connectivity index (χ3v) is 6.58. The standard InChI is InChI=1S/C25H32N4O8/c30-19(9-8-18-21(32)22(33)24(37-18)29-11-10-20(31)28-25(29)35)27-17(13-15-5-2-1-3-6-15)23(34)26-14-16-7-4-12-36-16/h1-3,5-6,10-11,16-18,21-22,24,32-33H,4,7-9,12-14H2,(H,26,34)(H,27,30)(H,28,31,35)/t16?,17-,18+,21+,22+,24+/m0/s1. The van der Waals surface area contributed by atoms with Gasteiger partial charge in [0.1, 0.15) is 18.2 Å². The SMILES string of the molecule is O=C(CC[C@H]1O[C@@H](n2ccc(=O)[nH]c2=O)[C@H](O)[C@@H]1O)N[C@@H](Cc1ccccc1)C(=O)NCC1CCCO1. The van der Waals surface area contributed by atoms with Crippen molar-refractivity contribution in [3.8, 4) is 0 Å². The zero-order valence-electron chi connectivity index (χ0n) is 20.2. The number of aliphatic hydroxyl groups excluding tert-OH is 2. The van der Waals surface area contributed by atoms with Crippen LogP contribution < -0.4 is 21.9 Å². The number of nitrogens with one attached hydrogen (secondary N) is 3. The molecule has 37 heavy (non-hydrogen) atoms. The van der Waals surface area contributed by atoms with Crippen molar-refractivity contribution < 1.29 is 29.3 Å². The van der Waals surface area contributed by atoms with Gasteiger partial charge in [-0.25, -0.2) is 4.79 Å². The second kappa shape index (κ2) is 12.3. The van der Waals surface area contributed by atoms with Crippen LogP contribution in [0, 0.1) is 0 Å². The smallest absolute Gasteiger partial charge is 0.330 e.